The van der Waals surface area contributed by atoms with Gasteiger partial charge in [0.1, 0.15) is 24.2 Å². The number of amides is 5. The molecule has 2 bridgehead atoms. The van der Waals surface area contributed by atoms with Gasteiger partial charge in [-0.2, -0.15) is 0 Å². The van der Waals surface area contributed by atoms with Crippen LogP contribution in [0.15, 0.2) is 0 Å². The van der Waals surface area contributed by atoms with E-state index in [9.17, 15) is 38.7 Å². The zero-order chi connectivity index (χ0) is 43.4. The summed E-state index contributed by atoms with van der Waals surface area (Å²) in [7, 11) is -0.611. The molecule has 0 aromatic heterocycles. The highest BCUT2D eigenvalue weighted by Gasteiger charge is 2.69. The molecular weight excluding hydrogens is 751 g/mol. The van der Waals surface area contributed by atoms with Crippen LogP contribution in [0.1, 0.15) is 120 Å². The van der Waals surface area contributed by atoms with Crippen molar-refractivity contribution in [3.8, 4) is 0 Å². The Bertz CT molecular complexity index is 1560. The molecule has 2 saturated heterocycles. The van der Waals surface area contributed by atoms with E-state index in [4.69, 9.17) is 20.1 Å². The molecule has 8 N–H and O–H groups in total. The van der Waals surface area contributed by atoms with E-state index in [0.717, 1.165) is 19.3 Å². The minimum atomic E-state index is -1.50. The fraction of sp³-hybridized carbons (Fsp3) is 0.825. The first-order chi connectivity index (χ1) is 27.0. The SMILES string of the molecule is CC(C)CC[C@H](NC(=O)[C@@H]1CCCN1C(=O)[C@@H](NC(=O)[C@@H](NC(=O)[C@H](CCC(=O)O)NC(=O)[C@@H](N)CC(=O)O)C(C)C)C(C)C)B1O[C@@H]2[C@@H](C[C@@H]3C[C@@]2(C)C3(C)C)O1. The highest BCUT2D eigenvalue weighted by molar-refractivity contribution is 6.47. The number of nitrogens with zero attached hydrogens (tertiary/aromatic N) is 1. The standard InChI is InChI=1S/C40H67BN6O11/c1-20(2)12-14-28(41-57-27-17-23-19-40(9,33(27)58-41)39(23,7)8)44-36(54)26-11-10-16-47(26)38(56)32(22(5)6)46-37(55)31(21(3)4)45-35(53)25(13-15-29(48)49)43-34(52)24(42)18-30(50)51/h20-28,31-33H,10-19,42H2,1-9H3,(H,43,52)(H,44,54)(H,45,53)(H,46,55)(H,48,49)(H,50,51)/t23-,24+,25+,26+,27-,28+,31+,32+,33-,40-/m1/s1. The Morgan fingerprint density at radius 3 is 2.02 bits per heavy atom. The monoisotopic (exact) mass is 818 g/mol. The fourth-order valence-corrected chi connectivity index (χ4v) is 9.14. The van der Waals surface area contributed by atoms with E-state index in [0.29, 0.717) is 37.6 Å². The Morgan fingerprint density at radius 2 is 1.45 bits per heavy atom. The van der Waals surface area contributed by atoms with Crippen LogP contribution < -0.4 is 27.0 Å². The number of nitrogens with two attached hydrogens (primary N) is 1. The van der Waals surface area contributed by atoms with Gasteiger partial charge in [0, 0.05) is 18.4 Å². The number of carboxylic acids is 2. The molecule has 0 aromatic carbocycles. The van der Waals surface area contributed by atoms with Crippen LogP contribution in [0, 0.1) is 34.5 Å². The number of carbonyl (C=O) groups excluding carboxylic acids is 5. The van der Waals surface area contributed by atoms with E-state index >= 15 is 0 Å². The molecule has 17 nitrogen and oxygen atoms in total. The minimum Gasteiger partial charge on any atom is -0.481 e. The Morgan fingerprint density at radius 1 is 0.810 bits per heavy atom. The van der Waals surface area contributed by atoms with E-state index in [2.05, 4.69) is 55.9 Å². The smallest absolute Gasteiger partial charge is 0.481 e. The number of nitrogens with one attached hydrogen (secondary N) is 4. The van der Waals surface area contributed by atoms with Crippen molar-refractivity contribution in [3.63, 3.8) is 0 Å². The summed E-state index contributed by atoms with van der Waals surface area (Å²) in [4.78, 5) is 92.2. The van der Waals surface area contributed by atoms with Crippen LogP contribution in [-0.2, 0) is 42.9 Å². The molecule has 5 fully saturated rings. The van der Waals surface area contributed by atoms with Crippen molar-refractivity contribution in [2.24, 2.45) is 40.2 Å². The third-order valence-electron chi connectivity index (χ3n) is 13.3. The zero-order valence-electron chi connectivity index (χ0n) is 35.7. The molecule has 5 amide bonds. The number of carboxylic acid groups (broad SMARTS) is 2. The second-order valence-electron chi connectivity index (χ2n) is 18.8. The van der Waals surface area contributed by atoms with E-state index < -0.39 is 104 Å². The van der Waals surface area contributed by atoms with Gasteiger partial charge in [-0.15, -0.1) is 0 Å². The summed E-state index contributed by atoms with van der Waals surface area (Å²) in [6.45, 7) is 18.3. The lowest BCUT2D eigenvalue weighted by atomic mass is 9.39. The Hall–Kier alpha value is -3.77. The van der Waals surface area contributed by atoms with Gasteiger partial charge in [0.25, 0.3) is 0 Å². The first-order valence-electron chi connectivity index (χ1n) is 21.0. The number of rotatable bonds is 20. The highest BCUT2D eigenvalue weighted by Crippen LogP contribution is 2.69. The molecule has 0 radical (unpaired) electrons. The van der Waals surface area contributed by atoms with Crippen LogP contribution in [0.2, 0.25) is 0 Å². The predicted molar refractivity (Wildman–Crippen MR) is 213 cm³/mol. The number of likely N-dealkylation sites (tertiary alicyclic amines) is 1. The van der Waals surface area contributed by atoms with Gasteiger partial charge < -0.3 is 51.4 Å². The molecular formula is C40H67BN6O11. The van der Waals surface area contributed by atoms with E-state index in [1.54, 1.807) is 27.7 Å². The molecule has 326 valence electrons. The molecule has 5 rings (SSSR count). The van der Waals surface area contributed by atoms with Crippen molar-refractivity contribution >= 4 is 48.6 Å². The molecule has 58 heavy (non-hydrogen) atoms. The van der Waals surface area contributed by atoms with Gasteiger partial charge in [-0.3, -0.25) is 33.6 Å². The van der Waals surface area contributed by atoms with Gasteiger partial charge in [0.15, 0.2) is 0 Å². The van der Waals surface area contributed by atoms with Gasteiger partial charge in [-0.25, -0.2) is 0 Å². The van der Waals surface area contributed by atoms with Gasteiger partial charge in [0.2, 0.25) is 29.5 Å². The Labute approximate surface area is 342 Å². The topological polar surface area (TPSA) is 256 Å². The van der Waals surface area contributed by atoms with Crippen molar-refractivity contribution in [3.05, 3.63) is 0 Å². The summed E-state index contributed by atoms with van der Waals surface area (Å²) in [6, 6.07) is -6.01. The minimum absolute atomic E-state index is 0.0142. The number of carbonyl (C=O) groups is 7. The summed E-state index contributed by atoms with van der Waals surface area (Å²) in [6.07, 6.45) is 2.82. The normalized spacial score (nSPS) is 27.2. The summed E-state index contributed by atoms with van der Waals surface area (Å²) in [5.41, 5.74) is 5.77. The average molecular weight is 819 g/mol. The van der Waals surface area contributed by atoms with Crippen molar-refractivity contribution in [2.75, 3.05) is 6.54 Å². The van der Waals surface area contributed by atoms with Crippen molar-refractivity contribution in [1.82, 2.24) is 26.2 Å². The summed E-state index contributed by atoms with van der Waals surface area (Å²) in [5, 5.41) is 29.1. The fourth-order valence-electron chi connectivity index (χ4n) is 9.14. The van der Waals surface area contributed by atoms with Gasteiger partial charge in [-0.1, -0.05) is 62.3 Å². The maximum absolute atomic E-state index is 14.3. The van der Waals surface area contributed by atoms with Crippen molar-refractivity contribution in [2.45, 2.75) is 168 Å². The summed E-state index contributed by atoms with van der Waals surface area (Å²) >= 11 is 0. The Kier molecular flexibility index (Phi) is 15.4. The maximum Gasteiger partial charge on any atom is 0.481 e. The second kappa shape index (κ2) is 19.1. The van der Waals surface area contributed by atoms with Crippen LogP contribution in [-0.4, -0.2) is 119 Å². The Balaban J connectivity index is 1.45. The van der Waals surface area contributed by atoms with Crippen LogP contribution in [0.25, 0.3) is 0 Å². The largest absolute Gasteiger partial charge is 0.481 e. The van der Waals surface area contributed by atoms with Crippen LogP contribution in [0.4, 0.5) is 0 Å². The average Bonchev–Trinajstić information content (AvgIpc) is 3.80. The lowest BCUT2D eigenvalue weighted by Crippen LogP contribution is -2.66. The molecule has 5 aliphatic rings. The number of aliphatic carboxylic acids is 2. The lowest BCUT2D eigenvalue weighted by Gasteiger charge is -2.67. The third kappa shape index (κ3) is 10.5. The lowest BCUT2D eigenvalue weighted by molar-refractivity contribution is -0.220. The van der Waals surface area contributed by atoms with Crippen LogP contribution in [0.5, 0.6) is 0 Å². The predicted octanol–water partition coefficient (Wildman–Crippen LogP) is 1.60. The molecule has 3 aliphatic carbocycles. The quantitative estimate of drug-likeness (QED) is 0.0866. The molecule has 0 unspecified atom stereocenters. The number of hydrogen-bond donors (Lipinski definition) is 7. The third-order valence-corrected chi connectivity index (χ3v) is 13.3. The van der Waals surface area contributed by atoms with E-state index in [-0.39, 0.29) is 35.4 Å². The molecule has 3 saturated carbocycles. The summed E-state index contributed by atoms with van der Waals surface area (Å²) in [5.74, 6) is -6.30. The molecule has 0 spiro atoms. The van der Waals surface area contributed by atoms with E-state index in [1.165, 1.54) is 4.90 Å². The van der Waals surface area contributed by atoms with Crippen molar-refractivity contribution in [1.29, 1.82) is 0 Å². The first kappa shape index (κ1) is 46.9. The summed E-state index contributed by atoms with van der Waals surface area (Å²) < 4.78 is 13.2. The second-order valence-corrected chi connectivity index (χ2v) is 18.8. The van der Waals surface area contributed by atoms with Crippen LogP contribution >= 0.6 is 0 Å². The van der Waals surface area contributed by atoms with Gasteiger partial charge >= 0.3 is 19.1 Å². The van der Waals surface area contributed by atoms with Gasteiger partial charge in [0.05, 0.1) is 30.6 Å². The molecule has 0 aromatic rings. The van der Waals surface area contributed by atoms with Crippen molar-refractivity contribution < 1.29 is 53.1 Å². The number of hydrogen-bond acceptors (Lipinski definition) is 10. The molecule has 18 heteroatoms. The van der Waals surface area contributed by atoms with Crippen LogP contribution in [0.3, 0.4) is 0 Å². The van der Waals surface area contributed by atoms with Gasteiger partial charge in [-0.05, 0) is 74.0 Å². The highest BCUT2D eigenvalue weighted by atomic mass is 16.7. The maximum atomic E-state index is 14.3. The zero-order valence-corrected chi connectivity index (χ0v) is 35.7. The molecule has 2 heterocycles. The molecule has 2 aliphatic heterocycles. The molecule has 10 atom stereocenters. The van der Waals surface area contributed by atoms with E-state index in [1.807, 2.05) is 0 Å². The first-order valence-corrected chi connectivity index (χ1v) is 21.0.